The SMILES string of the molecule is C=C(C)C(C)C(C)C1CCCCC1(C)C(C)CC(C)C. The van der Waals surface area contributed by atoms with Crippen molar-refractivity contribution in [2.75, 3.05) is 0 Å². The van der Waals surface area contributed by atoms with Gasteiger partial charge in [-0.05, 0) is 61.2 Å². The second kappa shape index (κ2) is 7.14. The van der Waals surface area contributed by atoms with Crippen molar-refractivity contribution in [2.45, 2.75) is 80.6 Å². The summed E-state index contributed by atoms with van der Waals surface area (Å²) >= 11 is 0. The third-order valence-electron chi connectivity index (χ3n) is 6.48. The molecule has 0 aromatic carbocycles. The molecule has 0 aromatic rings. The van der Waals surface area contributed by atoms with Crippen LogP contribution in [0, 0.1) is 35.0 Å². The smallest absolute Gasteiger partial charge is 0.0209 e. The minimum absolute atomic E-state index is 0.533. The summed E-state index contributed by atoms with van der Waals surface area (Å²) in [5.41, 5.74) is 1.90. The van der Waals surface area contributed by atoms with E-state index in [4.69, 9.17) is 0 Å². The topological polar surface area (TPSA) is 0 Å². The quantitative estimate of drug-likeness (QED) is 0.473. The largest absolute Gasteiger partial charge is 0.0999 e. The van der Waals surface area contributed by atoms with Crippen LogP contribution in [0.15, 0.2) is 12.2 Å². The number of hydrogen-bond acceptors (Lipinski definition) is 0. The molecule has 0 aliphatic heterocycles. The number of allylic oxidation sites excluding steroid dienone is 1. The van der Waals surface area contributed by atoms with E-state index in [0.29, 0.717) is 11.3 Å². The zero-order valence-corrected chi connectivity index (χ0v) is 15.1. The van der Waals surface area contributed by atoms with Gasteiger partial charge >= 0.3 is 0 Å². The Balaban J connectivity index is 2.92. The molecule has 1 aliphatic rings. The molecule has 0 nitrogen and oxygen atoms in total. The van der Waals surface area contributed by atoms with Crippen LogP contribution >= 0.6 is 0 Å². The highest BCUT2D eigenvalue weighted by Crippen LogP contribution is 2.52. The fraction of sp³-hybridized carbons (Fsp3) is 0.900. The normalized spacial score (nSPS) is 31.9. The molecule has 1 saturated carbocycles. The van der Waals surface area contributed by atoms with Gasteiger partial charge in [-0.25, -0.2) is 0 Å². The minimum Gasteiger partial charge on any atom is -0.0999 e. The molecule has 0 N–H and O–H groups in total. The van der Waals surface area contributed by atoms with Gasteiger partial charge in [0.05, 0.1) is 0 Å². The van der Waals surface area contributed by atoms with Gasteiger partial charge in [0.25, 0.3) is 0 Å². The zero-order valence-electron chi connectivity index (χ0n) is 15.1. The molecule has 0 spiro atoms. The Labute approximate surface area is 128 Å². The molecular formula is C20H38. The number of hydrogen-bond donors (Lipinski definition) is 0. The van der Waals surface area contributed by atoms with E-state index in [1.807, 2.05) is 0 Å². The zero-order chi connectivity index (χ0) is 15.5. The molecule has 20 heavy (non-hydrogen) atoms. The Morgan fingerprint density at radius 3 is 2.25 bits per heavy atom. The molecule has 0 saturated heterocycles. The fourth-order valence-corrected chi connectivity index (χ4v) is 4.63. The Hall–Kier alpha value is -0.260. The summed E-state index contributed by atoms with van der Waals surface area (Å²) in [4.78, 5) is 0. The number of rotatable bonds is 6. The van der Waals surface area contributed by atoms with E-state index >= 15 is 0 Å². The van der Waals surface area contributed by atoms with Crippen LogP contribution in [-0.4, -0.2) is 0 Å². The molecule has 1 fully saturated rings. The van der Waals surface area contributed by atoms with Crippen LogP contribution in [0.5, 0.6) is 0 Å². The second-order valence-electron chi connectivity index (χ2n) is 8.38. The summed E-state index contributed by atoms with van der Waals surface area (Å²) in [7, 11) is 0. The molecular weight excluding hydrogens is 240 g/mol. The summed E-state index contributed by atoms with van der Waals surface area (Å²) in [5, 5.41) is 0. The van der Waals surface area contributed by atoms with Gasteiger partial charge in [-0.3, -0.25) is 0 Å². The van der Waals surface area contributed by atoms with E-state index in [-0.39, 0.29) is 0 Å². The lowest BCUT2D eigenvalue weighted by Gasteiger charge is -2.50. The van der Waals surface area contributed by atoms with E-state index in [2.05, 4.69) is 55.0 Å². The lowest BCUT2D eigenvalue weighted by atomic mass is 9.55. The van der Waals surface area contributed by atoms with Gasteiger partial charge in [0.15, 0.2) is 0 Å². The fourth-order valence-electron chi connectivity index (χ4n) is 4.63. The molecule has 118 valence electrons. The minimum atomic E-state index is 0.533. The highest BCUT2D eigenvalue weighted by atomic mass is 14.5. The first-order valence-corrected chi connectivity index (χ1v) is 8.85. The van der Waals surface area contributed by atoms with Gasteiger partial charge in [0.1, 0.15) is 0 Å². The van der Waals surface area contributed by atoms with Gasteiger partial charge in [0.2, 0.25) is 0 Å². The lowest BCUT2D eigenvalue weighted by molar-refractivity contribution is -0.00112. The third-order valence-corrected chi connectivity index (χ3v) is 6.48. The molecule has 0 heteroatoms. The Bertz CT molecular complexity index is 314. The molecule has 0 aromatic heterocycles. The van der Waals surface area contributed by atoms with Gasteiger partial charge in [-0.15, -0.1) is 0 Å². The second-order valence-corrected chi connectivity index (χ2v) is 8.38. The van der Waals surface area contributed by atoms with E-state index < -0.39 is 0 Å². The van der Waals surface area contributed by atoms with Crippen molar-refractivity contribution in [1.82, 2.24) is 0 Å². The predicted molar refractivity (Wildman–Crippen MR) is 91.8 cm³/mol. The molecule has 5 unspecified atom stereocenters. The van der Waals surface area contributed by atoms with Gasteiger partial charge in [0, 0.05) is 0 Å². The first-order valence-electron chi connectivity index (χ1n) is 8.85. The summed E-state index contributed by atoms with van der Waals surface area (Å²) in [6, 6.07) is 0. The molecule has 0 heterocycles. The van der Waals surface area contributed by atoms with Crippen LogP contribution in [0.2, 0.25) is 0 Å². The highest BCUT2D eigenvalue weighted by Gasteiger charge is 2.44. The Morgan fingerprint density at radius 1 is 1.15 bits per heavy atom. The maximum absolute atomic E-state index is 4.21. The van der Waals surface area contributed by atoms with Crippen molar-refractivity contribution in [3.63, 3.8) is 0 Å². The molecule has 1 rings (SSSR count). The van der Waals surface area contributed by atoms with Gasteiger partial charge in [-0.1, -0.05) is 66.5 Å². The van der Waals surface area contributed by atoms with Crippen molar-refractivity contribution in [1.29, 1.82) is 0 Å². The maximum atomic E-state index is 4.21. The third kappa shape index (κ3) is 3.89. The van der Waals surface area contributed by atoms with Crippen molar-refractivity contribution in [3.8, 4) is 0 Å². The van der Waals surface area contributed by atoms with Crippen LogP contribution in [0.3, 0.4) is 0 Å². The van der Waals surface area contributed by atoms with E-state index in [0.717, 1.165) is 23.7 Å². The summed E-state index contributed by atoms with van der Waals surface area (Å²) in [5.74, 6) is 3.96. The Kier molecular flexibility index (Phi) is 6.35. The van der Waals surface area contributed by atoms with E-state index in [1.54, 1.807) is 0 Å². The van der Waals surface area contributed by atoms with Crippen molar-refractivity contribution < 1.29 is 0 Å². The van der Waals surface area contributed by atoms with Crippen LogP contribution in [0.1, 0.15) is 80.6 Å². The van der Waals surface area contributed by atoms with Gasteiger partial charge in [-0.2, -0.15) is 0 Å². The van der Waals surface area contributed by atoms with Crippen molar-refractivity contribution >= 4 is 0 Å². The summed E-state index contributed by atoms with van der Waals surface area (Å²) < 4.78 is 0. The lowest BCUT2D eigenvalue weighted by Crippen LogP contribution is -2.42. The van der Waals surface area contributed by atoms with Gasteiger partial charge < -0.3 is 0 Å². The van der Waals surface area contributed by atoms with Crippen LogP contribution in [0.25, 0.3) is 0 Å². The predicted octanol–water partition coefficient (Wildman–Crippen LogP) is 6.71. The van der Waals surface area contributed by atoms with Crippen LogP contribution in [0.4, 0.5) is 0 Å². The average molecular weight is 279 g/mol. The molecule has 5 atom stereocenters. The molecule has 0 radical (unpaired) electrons. The molecule has 0 bridgehead atoms. The summed E-state index contributed by atoms with van der Waals surface area (Å²) in [6.45, 7) is 21.1. The Morgan fingerprint density at radius 2 is 1.75 bits per heavy atom. The first-order chi connectivity index (χ1) is 9.20. The van der Waals surface area contributed by atoms with E-state index in [9.17, 15) is 0 Å². The van der Waals surface area contributed by atoms with Crippen LogP contribution < -0.4 is 0 Å². The maximum Gasteiger partial charge on any atom is -0.0209 e. The van der Waals surface area contributed by atoms with Crippen molar-refractivity contribution in [3.05, 3.63) is 12.2 Å². The summed E-state index contributed by atoms with van der Waals surface area (Å²) in [6.07, 6.45) is 7.10. The standard InChI is InChI=1S/C20H38/c1-14(2)13-16(5)20(8)12-10-9-11-19(20)18(7)17(6)15(3)4/h14,16-19H,3,9-13H2,1-2,4-8H3. The van der Waals surface area contributed by atoms with Crippen molar-refractivity contribution in [2.24, 2.45) is 35.0 Å². The monoisotopic (exact) mass is 278 g/mol. The first kappa shape index (κ1) is 17.8. The molecule has 0 amide bonds. The average Bonchev–Trinajstić information content (AvgIpc) is 2.36. The van der Waals surface area contributed by atoms with Crippen LogP contribution in [-0.2, 0) is 0 Å². The molecule has 1 aliphatic carbocycles. The highest BCUT2D eigenvalue weighted by molar-refractivity contribution is 5.01. The van der Waals surface area contributed by atoms with E-state index in [1.165, 1.54) is 37.7 Å².